The first-order chi connectivity index (χ1) is 8.22. The Balaban J connectivity index is 2.40. The third kappa shape index (κ3) is 2.43. The zero-order valence-corrected chi connectivity index (χ0v) is 9.71. The third-order valence-corrected chi connectivity index (χ3v) is 2.60. The molecule has 0 fully saturated rings. The van der Waals surface area contributed by atoms with Gasteiger partial charge in [0.05, 0.1) is 5.56 Å². The van der Waals surface area contributed by atoms with Gasteiger partial charge in [0.2, 0.25) is 5.78 Å². The molecule has 17 heavy (non-hydrogen) atoms. The summed E-state index contributed by atoms with van der Waals surface area (Å²) in [6.45, 7) is 0. The summed E-state index contributed by atoms with van der Waals surface area (Å²) in [6.07, 6.45) is 4.23. The van der Waals surface area contributed by atoms with Gasteiger partial charge in [0.1, 0.15) is 5.82 Å². The zero-order valence-electron chi connectivity index (χ0n) is 8.90. The monoisotopic (exact) mass is 246 g/mol. The van der Waals surface area contributed by atoms with Crippen LogP contribution in [0.3, 0.4) is 0 Å². The molecule has 1 aromatic heterocycles. The fourth-order valence-corrected chi connectivity index (χ4v) is 1.57. The number of rotatable bonds is 3. The van der Waals surface area contributed by atoms with E-state index in [9.17, 15) is 9.18 Å². The van der Waals surface area contributed by atoms with Crippen LogP contribution in [0.2, 0.25) is 0 Å². The van der Waals surface area contributed by atoms with Crippen LogP contribution in [0.4, 0.5) is 4.39 Å². The molecule has 3 nitrogen and oxygen atoms in total. The summed E-state index contributed by atoms with van der Waals surface area (Å²) in [5.74, 6) is -1.09. The number of carbonyl (C=O) groups excluding carboxylic acids is 1. The van der Waals surface area contributed by atoms with Crippen molar-refractivity contribution in [1.82, 2.24) is 9.97 Å². The highest BCUT2D eigenvalue weighted by atomic mass is 32.2. The number of thioether (sulfide) groups is 1. The van der Waals surface area contributed by atoms with Gasteiger partial charge in [0, 0.05) is 6.20 Å². The summed E-state index contributed by atoms with van der Waals surface area (Å²) < 4.78 is 13.4. The lowest BCUT2D eigenvalue weighted by atomic mass is 10.1. The van der Waals surface area contributed by atoms with Gasteiger partial charge in [-0.3, -0.25) is 4.79 Å². The number of carbonyl (C=O) groups is 1. The molecule has 0 spiro atoms. The topological polar surface area (TPSA) is 42.9 Å². The quantitative estimate of drug-likeness (QED) is 0.615. The van der Waals surface area contributed by atoms with Gasteiger partial charge in [-0.1, -0.05) is 23.9 Å². The van der Waals surface area contributed by atoms with Crippen molar-refractivity contribution < 1.29 is 9.18 Å². The van der Waals surface area contributed by atoms with Gasteiger partial charge in [-0.2, -0.15) is 4.98 Å². The molecule has 0 aliphatic carbocycles. The van der Waals surface area contributed by atoms with Crippen LogP contribution >= 0.6 is 11.8 Å². The van der Waals surface area contributed by atoms with Crippen LogP contribution in [-0.4, -0.2) is 22.0 Å². The van der Waals surface area contributed by atoms with Crippen LogP contribution in [-0.2, 0) is 0 Å². The first-order valence-electron chi connectivity index (χ1n) is 4.73. The van der Waals surface area contributed by atoms with Crippen molar-refractivity contribution in [3.63, 3.8) is 0 Å². The summed E-state index contributed by atoms with van der Waals surface area (Å²) in [7, 11) is 0. The molecule has 0 atom stereocenters. The van der Waals surface area contributed by atoms with E-state index >= 15 is 0 Å². The second-order valence-corrected chi connectivity index (χ2v) is 3.88. The van der Waals surface area contributed by atoms with Crippen LogP contribution in [0, 0.1) is 18.1 Å². The van der Waals surface area contributed by atoms with E-state index in [1.807, 2.05) is 0 Å². The summed E-state index contributed by atoms with van der Waals surface area (Å²) in [5.41, 5.74) is -0.00245. The summed E-state index contributed by atoms with van der Waals surface area (Å²) in [5, 5.41) is 0.406. The molecule has 1 aromatic carbocycles. The lowest BCUT2D eigenvalue weighted by Gasteiger charge is -2.00. The Morgan fingerprint density at radius 3 is 2.88 bits per heavy atom. The van der Waals surface area contributed by atoms with Gasteiger partial charge in [0.25, 0.3) is 0 Å². The highest BCUT2D eigenvalue weighted by Gasteiger charge is 2.15. The fourth-order valence-electron chi connectivity index (χ4n) is 1.25. The molecule has 0 amide bonds. The molecular formula is C12H7FN2OS. The molecule has 5 heteroatoms. The maximum Gasteiger partial charge on any atom is 0.223 e. The van der Waals surface area contributed by atoms with E-state index in [0.717, 1.165) is 0 Å². The molecule has 84 valence electrons. The van der Waals surface area contributed by atoms with Crippen molar-refractivity contribution in [3.8, 4) is 0 Å². The molecular weight excluding hydrogens is 239 g/mol. The first-order valence-corrected chi connectivity index (χ1v) is 5.95. The lowest BCUT2D eigenvalue weighted by Crippen LogP contribution is -2.06. The second kappa shape index (κ2) is 4.93. The Morgan fingerprint density at radius 1 is 1.41 bits per heavy atom. The number of halogens is 1. The minimum absolute atomic E-state index is 0.0226. The Bertz CT molecular complexity index is 560. The molecule has 0 aliphatic rings. The fraction of sp³-hybridized carbons (Fsp3) is 0.0833. The average Bonchev–Trinajstić information content (AvgIpc) is 2.38. The molecule has 2 aromatic rings. The summed E-state index contributed by atoms with van der Waals surface area (Å²) in [6, 6.07) is 8.25. The van der Waals surface area contributed by atoms with Crippen molar-refractivity contribution in [2.24, 2.45) is 0 Å². The SMILES string of the molecule is CSc1nc#cc(C(=O)c2ccccc2F)n1. The van der Waals surface area contributed by atoms with E-state index in [2.05, 4.69) is 22.2 Å². The Kier molecular flexibility index (Phi) is 3.35. The van der Waals surface area contributed by atoms with E-state index in [1.165, 1.54) is 30.0 Å². The van der Waals surface area contributed by atoms with Crippen molar-refractivity contribution in [3.05, 3.63) is 53.6 Å². The second-order valence-electron chi connectivity index (χ2n) is 3.10. The summed E-state index contributed by atoms with van der Waals surface area (Å²) >= 11 is 1.28. The number of ketones is 1. The van der Waals surface area contributed by atoms with E-state index in [1.54, 1.807) is 12.3 Å². The lowest BCUT2D eigenvalue weighted by molar-refractivity contribution is 0.103. The molecule has 0 saturated heterocycles. The number of hydrogen-bond donors (Lipinski definition) is 0. The molecule has 2 rings (SSSR count). The van der Waals surface area contributed by atoms with E-state index in [4.69, 9.17) is 0 Å². The molecule has 0 unspecified atom stereocenters. The predicted molar refractivity (Wildman–Crippen MR) is 61.3 cm³/mol. The first kappa shape index (κ1) is 11.6. The molecule has 0 saturated carbocycles. The van der Waals surface area contributed by atoms with Gasteiger partial charge in [-0.05, 0) is 24.5 Å². The minimum Gasteiger partial charge on any atom is -0.286 e. The van der Waals surface area contributed by atoms with Crippen molar-refractivity contribution in [2.75, 3.05) is 6.26 Å². The van der Waals surface area contributed by atoms with Crippen LogP contribution in [0.25, 0.3) is 0 Å². The molecule has 0 aliphatic heterocycles. The van der Waals surface area contributed by atoms with E-state index in [0.29, 0.717) is 5.16 Å². The van der Waals surface area contributed by atoms with Gasteiger partial charge < -0.3 is 0 Å². The van der Waals surface area contributed by atoms with E-state index in [-0.39, 0.29) is 11.3 Å². The van der Waals surface area contributed by atoms with Crippen molar-refractivity contribution in [2.45, 2.75) is 5.16 Å². The molecule has 0 radical (unpaired) electrons. The number of hydrogen-bond acceptors (Lipinski definition) is 4. The minimum atomic E-state index is -0.574. The normalized spacial score (nSPS) is 9.76. The highest BCUT2D eigenvalue weighted by Crippen LogP contribution is 2.12. The average molecular weight is 246 g/mol. The predicted octanol–water partition coefficient (Wildman–Crippen LogP) is 2.17. The van der Waals surface area contributed by atoms with E-state index < -0.39 is 11.6 Å². The van der Waals surface area contributed by atoms with Gasteiger partial charge in [-0.15, -0.1) is 0 Å². The largest absolute Gasteiger partial charge is 0.286 e. The number of nitrogens with zero attached hydrogens (tertiary/aromatic N) is 2. The zero-order chi connectivity index (χ0) is 12.3. The van der Waals surface area contributed by atoms with Crippen molar-refractivity contribution in [1.29, 1.82) is 0 Å². The smallest absolute Gasteiger partial charge is 0.223 e. The molecule has 0 N–H and O–H groups in total. The maximum atomic E-state index is 13.4. The van der Waals surface area contributed by atoms with Gasteiger partial charge in [-0.25, -0.2) is 9.37 Å². The van der Waals surface area contributed by atoms with Gasteiger partial charge >= 0.3 is 0 Å². The Morgan fingerprint density at radius 2 is 2.18 bits per heavy atom. The standard InChI is InChI=1S/C12H7FN2OS/c1-17-12-14-7-6-10(15-12)11(16)8-4-2-3-5-9(8)13/h2-5H,1H3. The summed E-state index contributed by atoms with van der Waals surface area (Å²) in [4.78, 5) is 19.7. The van der Waals surface area contributed by atoms with Crippen LogP contribution in [0.1, 0.15) is 16.1 Å². The highest BCUT2D eigenvalue weighted by molar-refractivity contribution is 7.98. The Labute approximate surface area is 102 Å². The van der Waals surface area contributed by atoms with Crippen LogP contribution in [0.15, 0.2) is 29.4 Å². The molecule has 1 heterocycles. The van der Waals surface area contributed by atoms with Crippen LogP contribution < -0.4 is 0 Å². The molecule has 0 bridgehead atoms. The van der Waals surface area contributed by atoms with Gasteiger partial charge in [0.15, 0.2) is 10.9 Å². The number of benzene rings is 1. The van der Waals surface area contributed by atoms with Crippen LogP contribution in [0.5, 0.6) is 0 Å². The number of aromatic nitrogens is 2. The third-order valence-electron chi connectivity index (χ3n) is 2.05. The maximum absolute atomic E-state index is 13.4. The van der Waals surface area contributed by atoms with Crippen molar-refractivity contribution >= 4 is 17.5 Å². The Hall–Kier alpha value is -1.93.